The van der Waals surface area contributed by atoms with E-state index < -0.39 is 0 Å². The first-order chi connectivity index (χ1) is 9.74. The average Bonchev–Trinajstić information content (AvgIpc) is 2.46. The van der Waals surface area contributed by atoms with Gasteiger partial charge in [-0.25, -0.2) is 0 Å². The molecule has 3 rings (SSSR count). The molecule has 1 heterocycles. The van der Waals surface area contributed by atoms with Gasteiger partial charge in [-0.15, -0.1) is 0 Å². The standard InChI is InChI=1S/C18H28N2/c1-14-6-3-4-8-17(14)19-13-15-9-10-18-16(12-15)7-5-11-20(18)2/h9-10,12,14,17,19H,3-8,11,13H2,1-2H3/t14-,17+/m1/s1. The Kier molecular flexibility index (Phi) is 4.30. The van der Waals surface area contributed by atoms with E-state index in [2.05, 4.69) is 42.4 Å². The van der Waals surface area contributed by atoms with Crippen molar-refractivity contribution in [3.05, 3.63) is 29.3 Å². The fourth-order valence-electron chi connectivity index (χ4n) is 3.82. The molecule has 1 saturated carbocycles. The Hall–Kier alpha value is -1.02. The average molecular weight is 272 g/mol. The molecule has 2 aliphatic rings. The van der Waals surface area contributed by atoms with Gasteiger partial charge >= 0.3 is 0 Å². The lowest BCUT2D eigenvalue weighted by Gasteiger charge is -2.30. The predicted octanol–water partition coefficient (Wildman–Crippen LogP) is 3.74. The Bertz CT molecular complexity index is 455. The Labute approximate surface area is 123 Å². The number of nitrogens with one attached hydrogen (secondary N) is 1. The first-order valence-electron chi connectivity index (χ1n) is 8.30. The normalized spacial score (nSPS) is 26.4. The third-order valence-corrected chi connectivity index (χ3v) is 5.17. The van der Waals surface area contributed by atoms with Gasteiger partial charge in [0.25, 0.3) is 0 Å². The fraction of sp³-hybridized carbons (Fsp3) is 0.667. The quantitative estimate of drug-likeness (QED) is 0.902. The van der Waals surface area contributed by atoms with Gasteiger partial charge in [0.05, 0.1) is 0 Å². The number of nitrogens with zero attached hydrogens (tertiary/aromatic N) is 1. The van der Waals surface area contributed by atoms with Crippen LogP contribution in [0.3, 0.4) is 0 Å². The molecule has 1 aliphatic heterocycles. The molecule has 2 nitrogen and oxygen atoms in total. The minimum absolute atomic E-state index is 0.724. The van der Waals surface area contributed by atoms with Crippen LogP contribution in [0.2, 0.25) is 0 Å². The van der Waals surface area contributed by atoms with Crippen LogP contribution in [-0.4, -0.2) is 19.6 Å². The lowest BCUT2D eigenvalue weighted by atomic mass is 9.86. The molecule has 1 aromatic rings. The second kappa shape index (κ2) is 6.17. The largest absolute Gasteiger partial charge is 0.374 e. The summed E-state index contributed by atoms with van der Waals surface area (Å²) in [6.07, 6.45) is 8.11. The summed E-state index contributed by atoms with van der Waals surface area (Å²) >= 11 is 0. The van der Waals surface area contributed by atoms with Gasteiger partial charge < -0.3 is 10.2 Å². The predicted molar refractivity (Wildman–Crippen MR) is 86.3 cm³/mol. The summed E-state index contributed by atoms with van der Waals surface area (Å²) in [6.45, 7) is 4.63. The summed E-state index contributed by atoms with van der Waals surface area (Å²) in [5, 5.41) is 3.79. The van der Waals surface area contributed by atoms with Crippen molar-refractivity contribution in [2.75, 3.05) is 18.5 Å². The summed E-state index contributed by atoms with van der Waals surface area (Å²) in [5.74, 6) is 0.840. The van der Waals surface area contributed by atoms with E-state index in [1.807, 2.05) is 0 Å². The minimum Gasteiger partial charge on any atom is -0.374 e. The third kappa shape index (κ3) is 3.01. The zero-order chi connectivity index (χ0) is 13.9. The first-order valence-corrected chi connectivity index (χ1v) is 8.30. The summed E-state index contributed by atoms with van der Waals surface area (Å²) in [6, 6.07) is 7.77. The van der Waals surface area contributed by atoms with Crippen LogP contribution in [-0.2, 0) is 13.0 Å². The molecule has 0 radical (unpaired) electrons. The maximum Gasteiger partial charge on any atom is 0.0396 e. The van der Waals surface area contributed by atoms with Crippen molar-refractivity contribution in [2.45, 2.75) is 58.0 Å². The van der Waals surface area contributed by atoms with Gasteiger partial charge in [-0.05, 0) is 48.8 Å². The molecule has 1 aliphatic carbocycles. The molecule has 20 heavy (non-hydrogen) atoms. The minimum atomic E-state index is 0.724. The Morgan fingerprint density at radius 1 is 1.20 bits per heavy atom. The lowest BCUT2D eigenvalue weighted by Crippen LogP contribution is -2.36. The van der Waals surface area contributed by atoms with Crippen LogP contribution in [0, 0.1) is 5.92 Å². The van der Waals surface area contributed by atoms with E-state index in [4.69, 9.17) is 0 Å². The molecule has 0 saturated heterocycles. The molecular formula is C18H28N2. The van der Waals surface area contributed by atoms with E-state index in [9.17, 15) is 0 Å². The summed E-state index contributed by atoms with van der Waals surface area (Å²) < 4.78 is 0. The Balaban J connectivity index is 1.63. The van der Waals surface area contributed by atoms with Crippen LogP contribution in [0.1, 0.15) is 50.2 Å². The van der Waals surface area contributed by atoms with Crippen molar-refractivity contribution in [1.29, 1.82) is 0 Å². The second-order valence-electron chi connectivity index (χ2n) is 6.74. The smallest absolute Gasteiger partial charge is 0.0396 e. The molecule has 0 bridgehead atoms. The first kappa shape index (κ1) is 13.9. The number of hydrogen-bond donors (Lipinski definition) is 1. The highest BCUT2D eigenvalue weighted by Gasteiger charge is 2.20. The van der Waals surface area contributed by atoms with Gasteiger partial charge in [-0.2, -0.15) is 0 Å². The SMILES string of the molecule is C[C@@H]1CCCC[C@@H]1NCc1ccc2c(c1)CCCN2C. The molecule has 1 N–H and O–H groups in total. The maximum atomic E-state index is 3.79. The van der Waals surface area contributed by atoms with Crippen molar-refractivity contribution >= 4 is 5.69 Å². The van der Waals surface area contributed by atoms with E-state index >= 15 is 0 Å². The van der Waals surface area contributed by atoms with E-state index in [1.165, 1.54) is 61.9 Å². The molecule has 2 heteroatoms. The zero-order valence-electron chi connectivity index (χ0n) is 13.0. The van der Waals surface area contributed by atoms with Gasteiger partial charge in [0.1, 0.15) is 0 Å². The van der Waals surface area contributed by atoms with Crippen LogP contribution in [0.4, 0.5) is 5.69 Å². The third-order valence-electron chi connectivity index (χ3n) is 5.17. The monoisotopic (exact) mass is 272 g/mol. The second-order valence-corrected chi connectivity index (χ2v) is 6.74. The molecule has 1 aromatic carbocycles. The maximum absolute atomic E-state index is 3.79. The summed E-state index contributed by atoms with van der Waals surface area (Å²) in [4.78, 5) is 2.39. The van der Waals surface area contributed by atoms with Crippen LogP contribution >= 0.6 is 0 Å². The highest BCUT2D eigenvalue weighted by molar-refractivity contribution is 5.56. The summed E-state index contributed by atoms with van der Waals surface area (Å²) in [7, 11) is 2.21. The van der Waals surface area contributed by atoms with Crippen LogP contribution in [0.5, 0.6) is 0 Å². The molecular weight excluding hydrogens is 244 g/mol. The van der Waals surface area contributed by atoms with Crippen LogP contribution in [0.15, 0.2) is 18.2 Å². The van der Waals surface area contributed by atoms with Crippen molar-refractivity contribution < 1.29 is 0 Å². The molecule has 1 fully saturated rings. The number of fused-ring (bicyclic) bond motifs is 1. The van der Waals surface area contributed by atoms with Crippen LogP contribution in [0.25, 0.3) is 0 Å². The topological polar surface area (TPSA) is 15.3 Å². The highest BCUT2D eigenvalue weighted by atomic mass is 15.1. The number of hydrogen-bond acceptors (Lipinski definition) is 2. The van der Waals surface area contributed by atoms with Gasteiger partial charge in [0.15, 0.2) is 0 Å². The van der Waals surface area contributed by atoms with Crippen molar-refractivity contribution in [2.24, 2.45) is 5.92 Å². The van der Waals surface area contributed by atoms with Gasteiger partial charge in [-0.1, -0.05) is 31.9 Å². The van der Waals surface area contributed by atoms with Gasteiger partial charge in [-0.3, -0.25) is 0 Å². The van der Waals surface area contributed by atoms with Crippen molar-refractivity contribution in [1.82, 2.24) is 5.32 Å². The van der Waals surface area contributed by atoms with Gasteiger partial charge in [0.2, 0.25) is 0 Å². The molecule has 0 amide bonds. The van der Waals surface area contributed by atoms with E-state index in [1.54, 1.807) is 0 Å². The van der Waals surface area contributed by atoms with Crippen molar-refractivity contribution in [3.8, 4) is 0 Å². The molecule has 0 spiro atoms. The molecule has 110 valence electrons. The Morgan fingerprint density at radius 2 is 2.05 bits per heavy atom. The molecule has 0 unspecified atom stereocenters. The van der Waals surface area contributed by atoms with E-state index in [0.717, 1.165) is 18.5 Å². The van der Waals surface area contributed by atoms with Crippen LogP contribution < -0.4 is 10.2 Å². The van der Waals surface area contributed by atoms with Gasteiger partial charge in [0, 0.05) is 31.9 Å². The Morgan fingerprint density at radius 3 is 2.90 bits per heavy atom. The zero-order valence-corrected chi connectivity index (χ0v) is 13.0. The van der Waals surface area contributed by atoms with Crippen molar-refractivity contribution in [3.63, 3.8) is 0 Å². The number of benzene rings is 1. The number of rotatable bonds is 3. The molecule has 2 atom stereocenters. The molecule has 0 aromatic heterocycles. The highest BCUT2D eigenvalue weighted by Crippen LogP contribution is 2.27. The number of anilines is 1. The summed E-state index contributed by atoms with van der Waals surface area (Å²) in [5.41, 5.74) is 4.43. The lowest BCUT2D eigenvalue weighted by molar-refractivity contribution is 0.279. The fourth-order valence-corrected chi connectivity index (χ4v) is 3.82. The van der Waals surface area contributed by atoms with E-state index in [-0.39, 0.29) is 0 Å². The number of aryl methyl sites for hydroxylation is 1. The van der Waals surface area contributed by atoms with E-state index in [0.29, 0.717) is 0 Å².